The third-order valence-electron chi connectivity index (χ3n) is 4.67. The van der Waals surface area contributed by atoms with Crippen LogP contribution in [0.2, 0.25) is 0 Å². The number of carbonyl (C=O) groups excluding carboxylic acids is 1. The summed E-state index contributed by atoms with van der Waals surface area (Å²) in [6.07, 6.45) is 0.848. The topological polar surface area (TPSA) is 69.6 Å². The first-order valence-corrected chi connectivity index (χ1v) is 7.72. The highest BCUT2D eigenvalue weighted by molar-refractivity contribution is 6.31. The molecule has 0 aromatic heterocycles. The fourth-order valence-corrected chi connectivity index (χ4v) is 3.51. The molecule has 2 aromatic carbocycles. The summed E-state index contributed by atoms with van der Waals surface area (Å²) < 4.78 is 0. The van der Waals surface area contributed by atoms with Crippen molar-refractivity contribution in [3.05, 3.63) is 71.3 Å². The van der Waals surface area contributed by atoms with E-state index in [1.165, 1.54) is 0 Å². The summed E-state index contributed by atoms with van der Waals surface area (Å²) in [5, 5.41) is 23.8. The van der Waals surface area contributed by atoms with E-state index in [-0.39, 0.29) is 11.8 Å². The third-order valence-corrected chi connectivity index (χ3v) is 4.67. The third kappa shape index (κ3) is 2.27. The number of benzene rings is 2. The van der Waals surface area contributed by atoms with Gasteiger partial charge in [-0.1, -0.05) is 48.5 Å². The number of amides is 1. The molecule has 4 nitrogen and oxygen atoms in total. The van der Waals surface area contributed by atoms with Crippen molar-refractivity contribution in [1.29, 1.82) is 0 Å². The summed E-state index contributed by atoms with van der Waals surface area (Å²) in [6, 6.07) is 14.9. The zero-order valence-electron chi connectivity index (χ0n) is 12.4. The van der Waals surface area contributed by atoms with Gasteiger partial charge >= 0.3 is 0 Å². The fraction of sp³-hybridized carbons (Fsp3) is 0.211. The second kappa shape index (κ2) is 5.33. The van der Waals surface area contributed by atoms with Crippen molar-refractivity contribution in [2.45, 2.75) is 18.6 Å². The molecule has 1 amide bonds. The molecule has 2 aromatic rings. The second-order valence-electron chi connectivity index (χ2n) is 6.07. The van der Waals surface area contributed by atoms with E-state index in [1.54, 1.807) is 6.08 Å². The molecule has 4 rings (SSSR count). The monoisotopic (exact) mass is 307 g/mol. The standard InChI is InChI=1S/C19H17NO3/c21-17-10-11(18(22)14-7-2-1-6-13(14)17)9-15-12-5-3-4-8-16(12)20-19(15)23/h1-9,11,17-18,21-22H,10H2,(H,20,23)/b15-9+. The van der Waals surface area contributed by atoms with Gasteiger partial charge in [-0.3, -0.25) is 4.79 Å². The minimum absolute atomic E-state index is 0.160. The average molecular weight is 307 g/mol. The van der Waals surface area contributed by atoms with E-state index < -0.39 is 12.2 Å². The van der Waals surface area contributed by atoms with Crippen LogP contribution in [0, 0.1) is 5.92 Å². The molecule has 116 valence electrons. The number of aliphatic hydroxyl groups excluding tert-OH is 2. The second-order valence-corrected chi connectivity index (χ2v) is 6.07. The molecule has 0 bridgehead atoms. The predicted molar refractivity (Wildman–Crippen MR) is 87.5 cm³/mol. The summed E-state index contributed by atoms with van der Waals surface area (Å²) in [5.74, 6) is -0.460. The maximum absolute atomic E-state index is 12.2. The molecule has 1 aliphatic heterocycles. The van der Waals surface area contributed by atoms with E-state index >= 15 is 0 Å². The number of carbonyl (C=O) groups is 1. The van der Waals surface area contributed by atoms with Gasteiger partial charge in [0.2, 0.25) is 0 Å². The smallest absolute Gasteiger partial charge is 0.256 e. The number of rotatable bonds is 1. The molecule has 1 aliphatic carbocycles. The maximum atomic E-state index is 12.2. The van der Waals surface area contributed by atoms with E-state index in [9.17, 15) is 15.0 Å². The van der Waals surface area contributed by atoms with E-state index in [0.29, 0.717) is 12.0 Å². The number of fused-ring (bicyclic) bond motifs is 2. The summed E-state index contributed by atoms with van der Waals surface area (Å²) in [4.78, 5) is 12.2. The van der Waals surface area contributed by atoms with Gasteiger partial charge in [0.05, 0.1) is 12.2 Å². The van der Waals surface area contributed by atoms with Crippen LogP contribution in [0.15, 0.2) is 54.6 Å². The Morgan fingerprint density at radius 2 is 1.70 bits per heavy atom. The minimum atomic E-state index is -0.720. The van der Waals surface area contributed by atoms with Gasteiger partial charge in [-0.15, -0.1) is 0 Å². The summed E-state index contributed by atoms with van der Waals surface area (Å²) in [7, 11) is 0. The molecule has 0 spiro atoms. The molecule has 1 heterocycles. The van der Waals surface area contributed by atoms with Gasteiger partial charge in [-0.25, -0.2) is 0 Å². The van der Waals surface area contributed by atoms with E-state index in [2.05, 4.69) is 5.32 Å². The Kier molecular flexibility index (Phi) is 3.29. The Bertz CT molecular complexity index is 812. The number of aliphatic hydroxyl groups is 2. The first-order valence-electron chi connectivity index (χ1n) is 7.72. The minimum Gasteiger partial charge on any atom is -0.388 e. The van der Waals surface area contributed by atoms with E-state index in [1.807, 2.05) is 48.5 Å². The van der Waals surface area contributed by atoms with E-state index in [0.717, 1.165) is 22.4 Å². The van der Waals surface area contributed by atoms with Gasteiger partial charge in [0.1, 0.15) is 0 Å². The van der Waals surface area contributed by atoms with Crippen molar-refractivity contribution >= 4 is 17.2 Å². The molecule has 0 fully saturated rings. The number of anilines is 1. The van der Waals surface area contributed by atoms with Gasteiger partial charge < -0.3 is 15.5 Å². The van der Waals surface area contributed by atoms with Crippen molar-refractivity contribution in [2.24, 2.45) is 5.92 Å². The Hall–Kier alpha value is -2.43. The highest BCUT2D eigenvalue weighted by Gasteiger charge is 2.33. The van der Waals surface area contributed by atoms with Crippen LogP contribution in [-0.2, 0) is 4.79 Å². The number of hydrogen-bond acceptors (Lipinski definition) is 3. The van der Waals surface area contributed by atoms with Crippen molar-refractivity contribution in [3.63, 3.8) is 0 Å². The average Bonchev–Trinajstić information content (AvgIpc) is 2.88. The molecule has 0 radical (unpaired) electrons. The molecule has 3 unspecified atom stereocenters. The highest BCUT2D eigenvalue weighted by Crippen LogP contribution is 2.42. The molecular formula is C19H17NO3. The Morgan fingerprint density at radius 1 is 1.00 bits per heavy atom. The lowest BCUT2D eigenvalue weighted by Crippen LogP contribution is -2.23. The van der Waals surface area contributed by atoms with Crippen LogP contribution >= 0.6 is 0 Å². The van der Waals surface area contributed by atoms with Crippen LogP contribution in [0.25, 0.3) is 5.57 Å². The Labute approximate surface area is 134 Å². The quantitative estimate of drug-likeness (QED) is 0.710. The molecule has 3 N–H and O–H groups in total. The van der Waals surface area contributed by atoms with Gasteiger partial charge in [-0.2, -0.15) is 0 Å². The maximum Gasteiger partial charge on any atom is 0.256 e. The lowest BCUT2D eigenvalue weighted by atomic mass is 9.78. The van der Waals surface area contributed by atoms with Gasteiger partial charge in [0.15, 0.2) is 0 Å². The molecule has 4 heteroatoms. The zero-order chi connectivity index (χ0) is 16.0. The molecule has 0 saturated heterocycles. The van der Waals surface area contributed by atoms with Crippen molar-refractivity contribution in [1.82, 2.24) is 0 Å². The lowest BCUT2D eigenvalue weighted by molar-refractivity contribution is -0.110. The van der Waals surface area contributed by atoms with E-state index in [4.69, 9.17) is 0 Å². The SMILES string of the molecule is O=C1Nc2ccccc2/C1=C\C1CC(O)c2ccccc2C1O. The fourth-order valence-electron chi connectivity index (χ4n) is 3.51. The van der Waals surface area contributed by atoms with Crippen LogP contribution in [0.3, 0.4) is 0 Å². The number of para-hydroxylation sites is 1. The number of hydrogen-bond donors (Lipinski definition) is 3. The lowest BCUT2D eigenvalue weighted by Gasteiger charge is -2.31. The largest absolute Gasteiger partial charge is 0.388 e. The van der Waals surface area contributed by atoms with Crippen molar-refractivity contribution in [2.75, 3.05) is 5.32 Å². The number of nitrogens with one attached hydrogen (secondary N) is 1. The highest BCUT2D eigenvalue weighted by atomic mass is 16.3. The summed E-state index contributed by atoms with van der Waals surface area (Å²) in [6.45, 7) is 0. The predicted octanol–water partition coefficient (Wildman–Crippen LogP) is 2.81. The Morgan fingerprint density at radius 3 is 2.52 bits per heavy atom. The van der Waals surface area contributed by atoms with Crippen molar-refractivity contribution in [3.8, 4) is 0 Å². The van der Waals surface area contributed by atoms with Crippen LogP contribution in [0.1, 0.15) is 35.3 Å². The van der Waals surface area contributed by atoms with Gasteiger partial charge in [0, 0.05) is 22.7 Å². The first kappa shape index (κ1) is 14.2. The molecule has 0 saturated carbocycles. The Balaban J connectivity index is 1.74. The van der Waals surface area contributed by atoms with Crippen LogP contribution in [0.5, 0.6) is 0 Å². The summed E-state index contributed by atoms with van der Waals surface area (Å²) in [5.41, 5.74) is 3.70. The normalized spacial score (nSPS) is 27.5. The molecule has 3 atom stereocenters. The molecule has 23 heavy (non-hydrogen) atoms. The zero-order valence-corrected chi connectivity index (χ0v) is 12.4. The molecule has 2 aliphatic rings. The van der Waals surface area contributed by atoms with Gasteiger partial charge in [-0.05, 0) is 23.6 Å². The summed E-state index contributed by atoms with van der Waals surface area (Å²) >= 11 is 0. The van der Waals surface area contributed by atoms with Crippen molar-refractivity contribution < 1.29 is 15.0 Å². The first-order chi connectivity index (χ1) is 11.1. The van der Waals surface area contributed by atoms with Crippen LogP contribution in [0.4, 0.5) is 5.69 Å². The van der Waals surface area contributed by atoms with Crippen LogP contribution < -0.4 is 5.32 Å². The van der Waals surface area contributed by atoms with Gasteiger partial charge in [0.25, 0.3) is 5.91 Å². The van der Waals surface area contributed by atoms with Crippen LogP contribution in [-0.4, -0.2) is 16.1 Å². The molecular weight excluding hydrogens is 290 g/mol.